The number of nitrogens with one attached hydrogen (secondary N) is 1. The molecule has 1 N–H and O–H groups in total. The largest absolute Gasteiger partial charge is 0.284 e. The van der Waals surface area contributed by atoms with E-state index in [1.165, 1.54) is 0 Å². The number of hydrogen-bond acceptors (Lipinski definition) is 2. The van der Waals surface area contributed by atoms with E-state index in [2.05, 4.69) is 5.43 Å². The lowest BCUT2D eigenvalue weighted by atomic mass is 10.1. The van der Waals surface area contributed by atoms with Crippen LogP contribution in [0.3, 0.4) is 0 Å². The van der Waals surface area contributed by atoms with E-state index in [9.17, 15) is 4.79 Å². The van der Waals surface area contributed by atoms with Crippen molar-refractivity contribution >= 4 is 23.1 Å². The Kier molecular flexibility index (Phi) is 5.16. The molecular weight excluding hydrogens is 304 g/mol. The molecule has 2 aromatic rings. The van der Waals surface area contributed by atoms with E-state index in [0.717, 1.165) is 11.1 Å². The molecule has 4 heteroatoms. The van der Waals surface area contributed by atoms with Gasteiger partial charge in [0, 0.05) is 11.1 Å². The smallest absolute Gasteiger partial charge is 0.272 e. The molecule has 1 amide bonds. The fraction of sp³-hybridized carbons (Fsp3) is 0.263. The molecule has 0 heterocycles. The minimum Gasteiger partial charge on any atom is -0.284 e. The molecule has 0 aliphatic rings. The highest BCUT2D eigenvalue weighted by atomic mass is 32.1. The lowest BCUT2D eigenvalue weighted by molar-refractivity contribution is 0.0500. The molecule has 3 nitrogen and oxygen atoms in total. The Hall–Kier alpha value is -2.20. The Morgan fingerprint density at radius 3 is 2.13 bits per heavy atom. The van der Waals surface area contributed by atoms with Gasteiger partial charge in [-0.05, 0) is 45.4 Å². The SMILES string of the molecule is Cc1ccccc1C(=S)NN(C(=O)c1ccccc1)C(C)(C)C. The lowest BCUT2D eigenvalue weighted by Crippen LogP contribution is -2.55. The van der Waals surface area contributed by atoms with Crippen molar-refractivity contribution in [2.75, 3.05) is 0 Å². The summed E-state index contributed by atoms with van der Waals surface area (Å²) in [5.41, 5.74) is 5.34. The van der Waals surface area contributed by atoms with Crippen molar-refractivity contribution in [1.29, 1.82) is 0 Å². The number of thiocarbonyl (C=S) groups is 1. The Labute approximate surface area is 143 Å². The molecule has 2 rings (SSSR count). The van der Waals surface area contributed by atoms with Gasteiger partial charge in [0.15, 0.2) is 0 Å². The van der Waals surface area contributed by atoms with Crippen LogP contribution in [0, 0.1) is 6.92 Å². The minimum absolute atomic E-state index is 0.103. The van der Waals surface area contributed by atoms with E-state index < -0.39 is 5.54 Å². The first-order valence-corrected chi connectivity index (χ1v) is 7.98. The molecule has 120 valence electrons. The number of hydrogen-bond donors (Lipinski definition) is 1. The molecule has 0 fully saturated rings. The molecule has 0 aliphatic heterocycles. The third-order valence-corrected chi connectivity index (χ3v) is 3.81. The average molecular weight is 326 g/mol. The fourth-order valence-electron chi connectivity index (χ4n) is 2.22. The van der Waals surface area contributed by atoms with Gasteiger partial charge < -0.3 is 0 Å². The highest BCUT2D eigenvalue weighted by Crippen LogP contribution is 2.17. The summed E-state index contributed by atoms with van der Waals surface area (Å²) in [4.78, 5) is 13.4. The molecule has 0 saturated carbocycles. The topological polar surface area (TPSA) is 32.3 Å². The van der Waals surface area contributed by atoms with Crippen LogP contribution in [0.2, 0.25) is 0 Å². The summed E-state index contributed by atoms with van der Waals surface area (Å²) in [6, 6.07) is 17.1. The predicted octanol–water partition coefficient (Wildman–Crippen LogP) is 4.12. The van der Waals surface area contributed by atoms with Gasteiger partial charge >= 0.3 is 0 Å². The lowest BCUT2D eigenvalue weighted by Gasteiger charge is -2.36. The first-order valence-electron chi connectivity index (χ1n) is 7.57. The maximum absolute atomic E-state index is 12.8. The van der Waals surface area contributed by atoms with Crippen molar-refractivity contribution in [3.63, 3.8) is 0 Å². The molecule has 0 unspecified atom stereocenters. The zero-order valence-corrected chi connectivity index (χ0v) is 14.8. The second-order valence-electron chi connectivity index (χ2n) is 6.43. The minimum atomic E-state index is -0.417. The quantitative estimate of drug-likeness (QED) is 0.666. The number of amides is 1. The Morgan fingerprint density at radius 2 is 1.57 bits per heavy atom. The Morgan fingerprint density at radius 1 is 1.00 bits per heavy atom. The number of hydrazine groups is 1. The van der Waals surface area contributed by atoms with Crippen LogP contribution >= 0.6 is 12.2 Å². The van der Waals surface area contributed by atoms with E-state index in [4.69, 9.17) is 12.2 Å². The zero-order valence-electron chi connectivity index (χ0n) is 14.0. The van der Waals surface area contributed by atoms with Crippen LogP contribution in [0.1, 0.15) is 42.3 Å². The summed E-state index contributed by atoms with van der Waals surface area (Å²) in [6.07, 6.45) is 0. The fourth-order valence-corrected chi connectivity index (χ4v) is 2.54. The molecule has 0 spiro atoms. The van der Waals surface area contributed by atoms with Crippen molar-refractivity contribution in [2.24, 2.45) is 0 Å². The van der Waals surface area contributed by atoms with Crippen LogP contribution in [-0.2, 0) is 0 Å². The van der Waals surface area contributed by atoms with Gasteiger partial charge in [-0.2, -0.15) is 0 Å². The van der Waals surface area contributed by atoms with Crippen LogP contribution < -0.4 is 5.43 Å². The summed E-state index contributed by atoms with van der Waals surface area (Å²) < 4.78 is 0. The van der Waals surface area contributed by atoms with E-state index in [1.807, 2.05) is 70.2 Å². The highest BCUT2D eigenvalue weighted by molar-refractivity contribution is 7.80. The van der Waals surface area contributed by atoms with E-state index in [0.29, 0.717) is 10.6 Å². The van der Waals surface area contributed by atoms with Crippen LogP contribution in [0.25, 0.3) is 0 Å². The molecule has 0 aromatic heterocycles. The monoisotopic (exact) mass is 326 g/mol. The molecule has 0 bridgehead atoms. The second-order valence-corrected chi connectivity index (χ2v) is 6.84. The molecular formula is C19H22N2OS. The Balaban J connectivity index is 2.29. The summed E-state index contributed by atoms with van der Waals surface area (Å²) in [5, 5.41) is 1.59. The normalized spacial score (nSPS) is 11.0. The maximum atomic E-state index is 12.8. The average Bonchev–Trinajstić information content (AvgIpc) is 2.52. The van der Waals surface area contributed by atoms with Crippen LogP contribution in [0.15, 0.2) is 54.6 Å². The van der Waals surface area contributed by atoms with Gasteiger partial charge in [-0.3, -0.25) is 10.2 Å². The first kappa shape index (κ1) is 17.2. The van der Waals surface area contributed by atoms with Crippen LogP contribution in [0.4, 0.5) is 0 Å². The summed E-state index contributed by atoms with van der Waals surface area (Å²) in [6.45, 7) is 7.92. The van der Waals surface area contributed by atoms with Gasteiger partial charge in [0.2, 0.25) is 0 Å². The highest BCUT2D eigenvalue weighted by Gasteiger charge is 2.28. The van der Waals surface area contributed by atoms with Gasteiger partial charge in [0.25, 0.3) is 5.91 Å². The molecule has 0 atom stereocenters. The number of carbonyl (C=O) groups is 1. The predicted molar refractivity (Wildman–Crippen MR) is 98.4 cm³/mol. The Bertz CT molecular complexity index is 705. The summed E-state index contributed by atoms with van der Waals surface area (Å²) in [5.74, 6) is -0.103. The van der Waals surface area contributed by atoms with Crippen molar-refractivity contribution < 1.29 is 4.79 Å². The van der Waals surface area contributed by atoms with Crippen molar-refractivity contribution in [3.8, 4) is 0 Å². The van der Waals surface area contributed by atoms with E-state index in [1.54, 1.807) is 17.1 Å². The standard InChI is InChI=1S/C19H22N2OS/c1-14-10-8-9-13-16(14)17(23)20-21(19(2,3)4)18(22)15-11-6-5-7-12-15/h5-13H,1-4H3,(H,20,23). The third-order valence-electron chi connectivity index (χ3n) is 3.50. The number of aryl methyl sites for hydroxylation is 1. The summed E-state index contributed by atoms with van der Waals surface area (Å²) in [7, 11) is 0. The van der Waals surface area contributed by atoms with Gasteiger partial charge in [-0.15, -0.1) is 0 Å². The van der Waals surface area contributed by atoms with Gasteiger partial charge in [0.1, 0.15) is 4.99 Å². The van der Waals surface area contributed by atoms with Gasteiger partial charge in [-0.1, -0.05) is 54.7 Å². The van der Waals surface area contributed by atoms with E-state index in [-0.39, 0.29) is 5.91 Å². The molecule has 0 radical (unpaired) electrons. The molecule has 0 saturated heterocycles. The number of rotatable bonds is 2. The number of nitrogens with zero attached hydrogens (tertiary/aromatic N) is 1. The first-order chi connectivity index (χ1) is 10.8. The van der Waals surface area contributed by atoms with Gasteiger partial charge in [-0.25, -0.2) is 5.01 Å². The maximum Gasteiger partial charge on any atom is 0.272 e. The van der Waals surface area contributed by atoms with Crippen molar-refractivity contribution in [1.82, 2.24) is 10.4 Å². The van der Waals surface area contributed by atoms with Crippen LogP contribution in [-0.4, -0.2) is 21.4 Å². The van der Waals surface area contributed by atoms with Crippen molar-refractivity contribution in [3.05, 3.63) is 71.3 Å². The van der Waals surface area contributed by atoms with Crippen LogP contribution in [0.5, 0.6) is 0 Å². The van der Waals surface area contributed by atoms with Gasteiger partial charge in [0.05, 0.1) is 5.54 Å². The molecule has 23 heavy (non-hydrogen) atoms. The zero-order chi connectivity index (χ0) is 17.0. The summed E-state index contributed by atoms with van der Waals surface area (Å²) >= 11 is 5.52. The molecule has 0 aliphatic carbocycles. The number of benzene rings is 2. The second kappa shape index (κ2) is 6.92. The third kappa shape index (κ3) is 4.17. The van der Waals surface area contributed by atoms with E-state index >= 15 is 0 Å². The number of carbonyl (C=O) groups excluding carboxylic acids is 1. The molecule has 2 aromatic carbocycles. The van der Waals surface area contributed by atoms with Crippen molar-refractivity contribution in [2.45, 2.75) is 33.2 Å².